The number of hydrogen-bond donors (Lipinski definition) is 2. The van der Waals surface area contributed by atoms with Gasteiger partial charge in [0, 0.05) is 12.8 Å². The van der Waals surface area contributed by atoms with Gasteiger partial charge in [-0.3, -0.25) is 9.79 Å². The van der Waals surface area contributed by atoms with E-state index in [4.69, 9.17) is 4.99 Å². The lowest BCUT2D eigenvalue weighted by Gasteiger charge is -2.33. The van der Waals surface area contributed by atoms with Gasteiger partial charge in [-0.15, -0.1) is 0 Å². The first kappa shape index (κ1) is 12.7. The van der Waals surface area contributed by atoms with Crippen molar-refractivity contribution in [2.24, 2.45) is 10.9 Å². The van der Waals surface area contributed by atoms with Crippen molar-refractivity contribution < 1.29 is 4.79 Å². The monoisotopic (exact) mass is 255 g/mol. The van der Waals surface area contributed by atoms with Crippen molar-refractivity contribution in [1.29, 1.82) is 0 Å². The van der Waals surface area contributed by atoms with Crippen molar-refractivity contribution in [3.05, 3.63) is 0 Å². The molecule has 0 bridgehead atoms. The molecule has 3 unspecified atom stereocenters. The van der Waals surface area contributed by atoms with Gasteiger partial charge >= 0.3 is 0 Å². The number of thioether (sulfide) groups is 1. The maximum atomic E-state index is 11.4. The first-order chi connectivity index (χ1) is 8.20. The molecule has 1 heterocycles. The molecule has 0 aromatic heterocycles. The number of rotatable bonds is 2. The van der Waals surface area contributed by atoms with Crippen LogP contribution in [-0.2, 0) is 4.79 Å². The van der Waals surface area contributed by atoms with Crippen LogP contribution in [-0.4, -0.2) is 36.0 Å². The van der Waals surface area contributed by atoms with E-state index in [0.29, 0.717) is 6.04 Å². The van der Waals surface area contributed by atoms with Crippen molar-refractivity contribution in [3.63, 3.8) is 0 Å². The second-order valence-corrected chi connectivity index (χ2v) is 5.85. The van der Waals surface area contributed by atoms with Gasteiger partial charge in [-0.05, 0) is 25.7 Å². The summed E-state index contributed by atoms with van der Waals surface area (Å²) >= 11 is 1.76. The number of nitrogens with zero attached hydrogens (tertiary/aromatic N) is 1. The minimum absolute atomic E-state index is 0.0130. The Hall–Kier alpha value is -0.710. The molecule has 2 rings (SSSR count). The molecule has 2 N–H and O–H groups in total. The fourth-order valence-corrected chi connectivity index (χ4v) is 3.70. The van der Waals surface area contributed by atoms with Crippen LogP contribution in [0.5, 0.6) is 0 Å². The van der Waals surface area contributed by atoms with E-state index in [1.54, 1.807) is 18.8 Å². The smallest absolute Gasteiger partial charge is 0.242 e. The molecule has 4 nitrogen and oxygen atoms in total. The highest BCUT2D eigenvalue weighted by molar-refractivity contribution is 8.13. The van der Waals surface area contributed by atoms with E-state index in [-0.39, 0.29) is 11.9 Å². The van der Waals surface area contributed by atoms with Crippen LogP contribution in [0, 0.1) is 5.92 Å². The van der Waals surface area contributed by atoms with Gasteiger partial charge < -0.3 is 10.6 Å². The third-order valence-corrected chi connectivity index (χ3v) is 4.66. The molecule has 0 aromatic carbocycles. The average molecular weight is 255 g/mol. The Labute approximate surface area is 107 Å². The van der Waals surface area contributed by atoms with Gasteiger partial charge in [-0.2, -0.15) is 0 Å². The molecule has 1 amide bonds. The first-order valence-electron chi connectivity index (χ1n) is 6.39. The third-order valence-electron chi connectivity index (χ3n) is 3.57. The van der Waals surface area contributed by atoms with Crippen LogP contribution in [0.3, 0.4) is 0 Å². The Bertz CT molecular complexity index is 319. The second kappa shape index (κ2) is 5.76. The van der Waals surface area contributed by atoms with Crippen LogP contribution in [0.15, 0.2) is 4.99 Å². The molecule has 3 atom stereocenters. The van der Waals surface area contributed by atoms with E-state index in [1.807, 2.05) is 6.92 Å². The highest BCUT2D eigenvalue weighted by atomic mass is 32.2. The first-order valence-corrected chi connectivity index (χ1v) is 7.38. The topological polar surface area (TPSA) is 53.5 Å². The minimum Gasteiger partial charge on any atom is -0.357 e. The standard InChI is InChI=1S/C12H21N3OS/c1-8(11(16)13-2)14-12-15-10-6-4-3-5-9(10)7-17-12/h8-10H,3-7H2,1-2H3,(H,13,16)(H,14,15). The summed E-state index contributed by atoms with van der Waals surface area (Å²) in [7, 11) is 1.66. The molecule has 0 radical (unpaired) electrons. The van der Waals surface area contributed by atoms with E-state index < -0.39 is 0 Å². The predicted octanol–water partition coefficient (Wildman–Crippen LogP) is 1.37. The number of amides is 1. The maximum Gasteiger partial charge on any atom is 0.242 e. The Balaban J connectivity index is 1.93. The highest BCUT2D eigenvalue weighted by Crippen LogP contribution is 2.33. The zero-order valence-electron chi connectivity index (χ0n) is 10.5. The quantitative estimate of drug-likeness (QED) is 0.783. The minimum atomic E-state index is -0.202. The van der Waals surface area contributed by atoms with Gasteiger partial charge in [0.1, 0.15) is 6.04 Å². The average Bonchev–Trinajstić information content (AvgIpc) is 2.37. The summed E-state index contributed by atoms with van der Waals surface area (Å²) in [5.74, 6) is 1.92. The molecule has 1 aliphatic heterocycles. The fourth-order valence-electron chi connectivity index (χ4n) is 2.47. The molecule has 1 fully saturated rings. The number of nitrogens with one attached hydrogen (secondary N) is 2. The van der Waals surface area contributed by atoms with Crippen LogP contribution in [0.2, 0.25) is 0 Å². The van der Waals surface area contributed by atoms with E-state index in [1.165, 1.54) is 25.7 Å². The SMILES string of the molecule is CNC(=O)C(C)NC1=NC2CCCCC2CS1. The number of carbonyl (C=O) groups excluding carboxylic acids is 1. The number of hydrogen-bond acceptors (Lipinski definition) is 4. The predicted molar refractivity (Wildman–Crippen MR) is 72.3 cm³/mol. The van der Waals surface area contributed by atoms with Crippen molar-refractivity contribution in [1.82, 2.24) is 10.6 Å². The number of likely N-dealkylation sites (N-methyl/N-ethyl adjacent to an activating group) is 1. The van der Waals surface area contributed by atoms with E-state index in [0.717, 1.165) is 16.8 Å². The fraction of sp³-hybridized carbons (Fsp3) is 0.833. The molecule has 0 saturated heterocycles. The van der Waals surface area contributed by atoms with Gasteiger partial charge in [-0.1, -0.05) is 24.6 Å². The molecule has 1 saturated carbocycles. The van der Waals surface area contributed by atoms with Crippen LogP contribution >= 0.6 is 11.8 Å². The molecule has 0 aromatic rings. The summed E-state index contributed by atoms with van der Waals surface area (Å²) in [4.78, 5) is 16.2. The zero-order valence-corrected chi connectivity index (χ0v) is 11.3. The van der Waals surface area contributed by atoms with Gasteiger partial charge in [0.25, 0.3) is 0 Å². The number of fused-ring (bicyclic) bond motifs is 1. The lowest BCUT2D eigenvalue weighted by atomic mass is 9.86. The third kappa shape index (κ3) is 3.15. The van der Waals surface area contributed by atoms with Crippen LogP contribution in [0.4, 0.5) is 0 Å². The van der Waals surface area contributed by atoms with Crippen molar-refractivity contribution in [2.45, 2.75) is 44.7 Å². The summed E-state index contributed by atoms with van der Waals surface area (Å²) in [6.07, 6.45) is 5.19. The largest absolute Gasteiger partial charge is 0.357 e. The van der Waals surface area contributed by atoms with E-state index in [2.05, 4.69) is 10.6 Å². The molecule has 17 heavy (non-hydrogen) atoms. The van der Waals surface area contributed by atoms with Crippen molar-refractivity contribution in [3.8, 4) is 0 Å². The highest BCUT2D eigenvalue weighted by Gasteiger charge is 2.29. The number of aliphatic imine (C=N–C) groups is 1. The Morgan fingerprint density at radius 3 is 3.00 bits per heavy atom. The normalized spacial score (nSPS) is 29.9. The number of amidine groups is 1. The molecule has 5 heteroatoms. The summed E-state index contributed by atoms with van der Waals surface area (Å²) in [6, 6.07) is 0.288. The zero-order chi connectivity index (χ0) is 12.3. The lowest BCUT2D eigenvalue weighted by molar-refractivity contribution is -0.121. The molecule has 96 valence electrons. The van der Waals surface area contributed by atoms with E-state index in [9.17, 15) is 4.79 Å². The molecule has 0 spiro atoms. The van der Waals surface area contributed by atoms with Crippen LogP contribution < -0.4 is 10.6 Å². The molecular formula is C12H21N3OS. The Morgan fingerprint density at radius 2 is 2.24 bits per heavy atom. The van der Waals surface area contributed by atoms with Crippen LogP contribution in [0.25, 0.3) is 0 Å². The summed E-state index contributed by atoms with van der Waals surface area (Å²) in [6.45, 7) is 1.87. The van der Waals surface area contributed by atoms with Crippen molar-refractivity contribution in [2.75, 3.05) is 12.8 Å². The van der Waals surface area contributed by atoms with Gasteiger partial charge in [-0.25, -0.2) is 0 Å². The molecule has 2 aliphatic rings. The van der Waals surface area contributed by atoms with Crippen LogP contribution in [0.1, 0.15) is 32.6 Å². The lowest BCUT2D eigenvalue weighted by Crippen LogP contribution is -2.45. The number of carbonyl (C=O) groups is 1. The van der Waals surface area contributed by atoms with E-state index >= 15 is 0 Å². The van der Waals surface area contributed by atoms with Gasteiger partial charge in [0.2, 0.25) is 5.91 Å². The summed E-state index contributed by atoms with van der Waals surface area (Å²) in [5.41, 5.74) is 0. The molecule has 1 aliphatic carbocycles. The second-order valence-electron chi connectivity index (χ2n) is 4.84. The molecular weight excluding hydrogens is 234 g/mol. The van der Waals surface area contributed by atoms with Gasteiger partial charge in [0.15, 0.2) is 5.17 Å². The Morgan fingerprint density at radius 1 is 1.47 bits per heavy atom. The summed E-state index contributed by atoms with van der Waals surface area (Å²) < 4.78 is 0. The summed E-state index contributed by atoms with van der Waals surface area (Å²) in [5, 5.41) is 6.80. The maximum absolute atomic E-state index is 11.4. The van der Waals surface area contributed by atoms with Gasteiger partial charge in [0.05, 0.1) is 6.04 Å². The Kier molecular flexibility index (Phi) is 4.31. The van der Waals surface area contributed by atoms with Crippen molar-refractivity contribution >= 4 is 22.8 Å².